The third-order valence-corrected chi connectivity index (χ3v) is 3.84. The molecule has 1 atom stereocenters. The van der Waals surface area contributed by atoms with Gasteiger partial charge in [0.1, 0.15) is 11.4 Å². The summed E-state index contributed by atoms with van der Waals surface area (Å²) in [6.07, 6.45) is -0.261. The predicted molar refractivity (Wildman–Crippen MR) is 88.0 cm³/mol. The molecule has 0 saturated carbocycles. The van der Waals surface area contributed by atoms with Crippen molar-refractivity contribution in [1.29, 1.82) is 0 Å². The fraction of sp³-hybridized carbons (Fsp3) is 0.353. The fourth-order valence-electron chi connectivity index (χ4n) is 2.62. The van der Waals surface area contributed by atoms with Gasteiger partial charge in [0.15, 0.2) is 0 Å². The number of carboxylic acid groups (broad SMARTS) is 1. The number of carbonyl (C=O) groups is 2. The SMILES string of the molecule is COc1cccc(C(C)(CC(=O)O)NC(=O)c2cc(C)nn2C)c1. The van der Waals surface area contributed by atoms with E-state index in [1.807, 2.05) is 0 Å². The number of ether oxygens (including phenoxy) is 1. The Balaban J connectivity index is 2.38. The number of nitrogens with one attached hydrogen (secondary N) is 1. The van der Waals surface area contributed by atoms with Gasteiger partial charge in [-0.25, -0.2) is 0 Å². The fourth-order valence-corrected chi connectivity index (χ4v) is 2.62. The Labute approximate surface area is 140 Å². The molecule has 0 spiro atoms. The minimum Gasteiger partial charge on any atom is -0.497 e. The first-order chi connectivity index (χ1) is 11.2. The van der Waals surface area contributed by atoms with Crippen molar-refractivity contribution in [3.63, 3.8) is 0 Å². The van der Waals surface area contributed by atoms with Crippen LogP contribution in [0.2, 0.25) is 0 Å². The van der Waals surface area contributed by atoms with Gasteiger partial charge in [-0.1, -0.05) is 12.1 Å². The van der Waals surface area contributed by atoms with Crippen LogP contribution < -0.4 is 10.1 Å². The number of aliphatic carboxylic acids is 1. The van der Waals surface area contributed by atoms with Crippen LogP contribution in [0, 0.1) is 6.92 Å². The first-order valence-corrected chi connectivity index (χ1v) is 7.44. The quantitative estimate of drug-likeness (QED) is 0.842. The molecule has 1 amide bonds. The van der Waals surface area contributed by atoms with Gasteiger partial charge in [-0.15, -0.1) is 0 Å². The Kier molecular flexibility index (Phi) is 4.92. The minimum absolute atomic E-state index is 0.261. The van der Waals surface area contributed by atoms with Crippen LogP contribution in [0.25, 0.3) is 0 Å². The molecule has 2 rings (SSSR count). The summed E-state index contributed by atoms with van der Waals surface area (Å²) < 4.78 is 6.66. The van der Waals surface area contributed by atoms with Crippen molar-refractivity contribution in [2.45, 2.75) is 25.8 Å². The Morgan fingerprint density at radius 1 is 1.38 bits per heavy atom. The normalized spacial score (nSPS) is 13.2. The molecule has 0 bridgehead atoms. The summed E-state index contributed by atoms with van der Waals surface area (Å²) in [4.78, 5) is 23.9. The average Bonchev–Trinajstić information content (AvgIpc) is 2.85. The molecule has 24 heavy (non-hydrogen) atoms. The van der Waals surface area contributed by atoms with Crippen LogP contribution in [0.1, 0.15) is 35.1 Å². The van der Waals surface area contributed by atoms with E-state index >= 15 is 0 Å². The van der Waals surface area contributed by atoms with Crippen LogP contribution in [0.5, 0.6) is 5.75 Å². The molecule has 0 aliphatic carbocycles. The lowest BCUT2D eigenvalue weighted by atomic mass is 9.88. The molecule has 1 unspecified atom stereocenters. The van der Waals surface area contributed by atoms with Crippen molar-refractivity contribution < 1.29 is 19.4 Å². The molecule has 0 aliphatic rings. The van der Waals surface area contributed by atoms with Gasteiger partial charge >= 0.3 is 5.97 Å². The highest BCUT2D eigenvalue weighted by atomic mass is 16.5. The maximum atomic E-state index is 12.6. The molecule has 1 aromatic carbocycles. The molecule has 1 aromatic heterocycles. The van der Waals surface area contributed by atoms with E-state index in [1.165, 1.54) is 11.8 Å². The molecular weight excluding hydrogens is 310 g/mol. The Morgan fingerprint density at radius 2 is 2.08 bits per heavy atom. The van der Waals surface area contributed by atoms with Crippen molar-refractivity contribution >= 4 is 11.9 Å². The maximum Gasteiger partial charge on any atom is 0.306 e. The van der Waals surface area contributed by atoms with Crippen molar-refractivity contribution in [2.75, 3.05) is 7.11 Å². The largest absolute Gasteiger partial charge is 0.497 e. The summed E-state index contributed by atoms with van der Waals surface area (Å²) in [6, 6.07) is 8.66. The molecule has 128 valence electrons. The predicted octanol–water partition coefficient (Wildman–Crippen LogP) is 1.86. The zero-order valence-electron chi connectivity index (χ0n) is 14.2. The highest BCUT2D eigenvalue weighted by Gasteiger charge is 2.33. The van der Waals surface area contributed by atoms with E-state index in [-0.39, 0.29) is 12.3 Å². The lowest BCUT2D eigenvalue weighted by molar-refractivity contribution is -0.138. The van der Waals surface area contributed by atoms with Crippen molar-refractivity contribution in [1.82, 2.24) is 15.1 Å². The smallest absolute Gasteiger partial charge is 0.306 e. The van der Waals surface area contributed by atoms with Crippen molar-refractivity contribution in [3.8, 4) is 5.75 Å². The van der Waals surface area contributed by atoms with Gasteiger partial charge in [0, 0.05) is 7.05 Å². The van der Waals surface area contributed by atoms with Gasteiger partial charge in [0.2, 0.25) is 0 Å². The Morgan fingerprint density at radius 3 is 2.62 bits per heavy atom. The Hall–Kier alpha value is -2.83. The van der Waals surface area contributed by atoms with Gasteiger partial charge < -0.3 is 15.2 Å². The summed E-state index contributed by atoms with van der Waals surface area (Å²) in [5.74, 6) is -0.804. The molecule has 0 radical (unpaired) electrons. The van der Waals surface area contributed by atoms with Gasteiger partial charge in [0.05, 0.1) is 24.8 Å². The summed E-state index contributed by atoms with van der Waals surface area (Å²) in [5.41, 5.74) is 0.641. The molecule has 0 fully saturated rings. The second-order valence-electron chi connectivity index (χ2n) is 5.88. The number of carboxylic acids is 1. The van der Waals surface area contributed by atoms with E-state index in [2.05, 4.69) is 10.4 Å². The summed E-state index contributed by atoms with van der Waals surface area (Å²) in [6.45, 7) is 3.46. The first-order valence-electron chi connectivity index (χ1n) is 7.44. The highest BCUT2D eigenvalue weighted by Crippen LogP contribution is 2.28. The first kappa shape index (κ1) is 17.5. The monoisotopic (exact) mass is 331 g/mol. The second-order valence-corrected chi connectivity index (χ2v) is 5.88. The standard InChI is InChI=1S/C17H21N3O4/c1-11-8-14(20(3)19-11)16(23)18-17(2,10-15(21)22)12-6-5-7-13(9-12)24-4/h5-9H,10H2,1-4H3,(H,18,23)(H,21,22). The van der Waals surface area contributed by atoms with Crippen molar-refractivity contribution in [3.05, 3.63) is 47.3 Å². The molecule has 7 nitrogen and oxygen atoms in total. The topological polar surface area (TPSA) is 93.4 Å². The third kappa shape index (κ3) is 3.73. The van der Waals surface area contributed by atoms with Gasteiger partial charge in [-0.2, -0.15) is 5.10 Å². The van der Waals surface area contributed by atoms with Gasteiger partial charge in [-0.3, -0.25) is 14.3 Å². The van der Waals surface area contributed by atoms with E-state index in [0.29, 0.717) is 22.7 Å². The summed E-state index contributed by atoms with van der Waals surface area (Å²) >= 11 is 0. The average molecular weight is 331 g/mol. The lowest BCUT2D eigenvalue weighted by Gasteiger charge is -2.30. The summed E-state index contributed by atoms with van der Waals surface area (Å²) in [5, 5.41) is 16.2. The van der Waals surface area contributed by atoms with E-state index in [9.17, 15) is 14.7 Å². The van der Waals surface area contributed by atoms with Crippen LogP contribution in [-0.4, -0.2) is 33.9 Å². The molecule has 0 aliphatic heterocycles. The van der Waals surface area contributed by atoms with E-state index in [1.54, 1.807) is 51.2 Å². The van der Waals surface area contributed by atoms with Crippen LogP contribution in [-0.2, 0) is 17.4 Å². The zero-order chi connectivity index (χ0) is 17.9. The number of aromatic nitrogens is 2. The van der Waals surface area contributed by atoms with Crippen LogP contribution >= 0.6 is 0 Å². The number of rotatable bonds is 6. The molecule has 7 heteroatoms. The number of hydrogen-bond acceptors (Lipinski definition) is 4. The molecular formula is C17H21N3O4. The number of benzene rings is 1. The number of amides is 1. The lowest BCUT2D eigenvalue weighted by Crippen LogP contribution is -2.45. The number of carbonyl (C=O) groups excluding carboxylic acids is 1. The van der Waals surface area contributed by atoms with E-state index < -0.39 is 11.5 Å². The number of hydrogen-bond donors (Lipinski definition) is 2. The molecule has 1 heterocycles. The molecule has 2 N–H and O–H groups in total. The molecule has 0 saturated heterocycles. The zero-order valence-corrected chi connectivity index (χ0v) is 14.2. The number of nitrogens with zero attached hydrogens (tertiary/aromatic N) is 2. The van der Waals surface area contributed by atoms with Crippen molar-refractivity contribution in [2.24, 2.45) is 7.05 Å². The van der Waals surface area contributed by atoms with Gasteiger partial charge in [0.25, 0.3) is 5.91 Å². The van der Waals surface area contributed by atoms with E-state index in [4.69, 9.17) is 4.74 Å². The van der Waals surface area contributed by atoms with E-state index in [0.717, 1.165) is 0 Å². The maximum absolute atomic E-state index is 12.6. The van der Waals surface area contributed by atoms with Crippen LogP contribution in [0.15, 0.2) is 30.3 Å². The highest BCUT2D eigenvalue weighted by molar-refractivity contribution is 5.93. The number of methoxy groups -OCH3 is 1. The second kappa shape index (κ2) is 6.74. The minimum atomic E-state index is -1.09. The van der Waals surface area contributed by atoms with Gasteiger partial charge in [-0.05, 0) is 37.6 Å². The number of aryl methyl sites for hydroxylation is 2. The summed E-state index contributed by atoms with van der Waals surface area (Å²) in [7, 11) is 3.20. The third-order valence-electron chi connectivity index (χ3n) is 3.84. The Bertz CT molecular complexity index is 769. The van der Waals surface area contributed by atoms with Crippen LogP contribution in [0.3, 0.4) is 0 Å². The molecule has 2 aromatic rings. The van der Waals surface area contributed by atoms with Crippen LogP contribution in [0.4, 0.5) is 0 Å².